The van der Waals surface area contributed by atoms with Crippen molar-refractivity contribution >= 4 is 17.5 Å². The Kier molecular flexibility index (Phi) is 6.38. The summed E-state index contributed by atoms with van der Waals surface area (Å²) in [4.78, 5) is 26.2. The first kappa shape index (κ1) is 19.5. The van der Waals surface area contributed by atoms with Crippen LogP contribution in [0.1, 0.15) is 29.3 Å². The molecule has 0 unspecified atom stereocenters. The predicted octanol–water partition coefficient (Wildman–Crippen LogP) is 3.90. The van der Waals surface area contributed by atoms with Crippen molar-refractivity contribution in [2.45, 2.75) is 20.3 Å². The number of carbonyl (C=O) groups excluding carboxylic acids is 2. The van der Waals surface area contributed by atoms with Crippen molar-refractivity contribution in [3.8, 4) is 0 Å². The van der Waals surface area contributed by atoms with E-state index in [2.05, 4.69) is 5.32 Å². The van der Waals surface area contributed by atoms with Crippen molar-refractivity contribution in [2.75, 3.05) is 18.4 Å². The Morgan fingerprint density at radius 3 is 2.38 bits per heavy atom. The number of anilines is 1. The molecule has 26 heavy (non-hydrogen) atoms. The van der Waals surface area contributed by atoms with E-state index in [1.165, 1.54) is 4.90 Å². The molecule has 0 saturated carbocycles. The van der Waals surface area contributed by atoms with Crippen molar-refractivity contribution in [1.29, 1.82) is 0 Å². The average molecular weight is 364 g/mol. The molecule has 0 heterocycles. The predicted molar refractivity (Wildman–Crippen MR) is 92.3 cm³/mol. The van der Waals surface area contributed by atoms with Crippen LogP contribution >= 0.6 is 0 Å². The lowest BCUT2D eigenvalue weighted by atomic mass is 10.1. The largest absolute Gasteiger partial charge is 0.329 e. The van der Waals surface area contributed by atoms with Crippen molar-refractivity contribution < 1.29 is 22.8 Å². The number of rotatable bonds is 6. The standard InChI is InChI=1S/C19H19F3N2O2/c1-3-10-24(19(26)13-7-5-4-6-12(13)2)11-16(25)23-15-9-8-14(20)17(21)18(15)22/h4-9H,3,10-11H2,1-2H3,(H,23,25). The lowest BCUT2D eigenvalue weighted by molar-refractivity contribution is -0.116. The fourth-order valence-electron chi connectivity index (χ4n) is 2.49. The molecule has 0 aliphatic rings. The Morgan fingerprint density at radius 2 is 1.73 bits per heavy atom. The van der Waals surface area contributed by atoms with E-state index in [4.69, 9.17) is 0 Å². The number of carbonyl (C=O) groups is 2. The van der Waals surface area contributed by atoms with Crippen LogP contribution in [0.2, 0.25) is 0 Å². The van der Waals surface area contributed by atoms with Crippen molar-refractivity contribution in [2.24, 2.45) is 0 Å². The summed E-state index contributed by atoms with van der Waals surface area (Å²) in [6.07, 6.45) is 0.616. The lowest BCUT2D eigenvalue weighted by Gasteiger charge is -2.22. The molecule has 0 aliphatic heterocycles. The highest BCUT2D eigenvalue weighted by Crippen LogP contribution is 2.19. The van der Waals surface area contributed by atoms with Gasteiger partial charge < -0.3 is 10.2 Å². The molecule has 4 nitrogen and oxygen atoms in total. The maximum absolute atomic E-state index is 13.7. The van der Waals surface area contributed by atoms with Gasteiger partial charge in [0.25, 0.3) is 5.91 Å². The first-order valence-electron chi connectivity index (χ1n) is 8.13. The SMILES string of the molecule is CCCN(CC(=O)Nc1ccc(F)c(F)c1F)C(=O)c1ccccc1C. The van der Waals surface area contributed by atoms with Gasteiger partial charge in [-0.05, 0) is 37.1 Å². The van der Waals surface area contributed by atoms with E-state index in [0.29, 0.717) is 18.5 Å². The minimum absolute atomic E-state index is 0.320. The highest BCUT2D eigenvalue weighted by atomic mass is 19.2. The van der Waals surface area contributed by atoms with E-state index in [1.54, 1.807) is 31.2 Å². The Labute approximate surface area is 149 Å². The minimum Gasteiger partial charge on any atom is -0.329 e. The Balaban J connectivity index is 2.15. The van der Waals surface area contributed by atoms with E-state index < -0.39 is 29.0 Å². The van der Waals surface area contributed by atoms with Gasteiger partial charge in [0, 0.05) is 12.1 Å². The third-order valence-corrected chi connectivity index (χ3v) is 3.80. The molecule has 0 fully saturated rings. The molecule has 2 rings (SSSR count). The third-order valence-electron chi connectivity index (χ3n) is 3.80. The van der Waals surface area contributed by atoms with Gasteiger partial charge in [0.1, 0.15) is 6.54 Å². The summed E-state index contributed by atoms with van der Waals surface area (Å²) < 4.78 is 39.9. The zero-order valence-corrected chi connectivity index (χ0v) is 14.5. The van der Waals surface area contributed by atoms with Crippen LogP contribution < -0.4 is 5.32 Å². The van der Waals surface area contributed by atoms with E-state index in [9.17, 15) is 22.8 Å². The average Bonchev–Trinajstić information content (AvgIpc) is 2.62. The first-order valence-corrected chi connectivity index (χ1v) is 8.13. The van der Waals surface area contributed by atoms with Crippen molar-refractivity contribution in [3.63, 3.8) is 0 Å². The molecule has 0 aliphatic carbocycles. The van der Waals surface area contributed by atoms with Gasteiger partial charge in [-0.1, -0.05) is 25.1 Å². The maximum atomic E-state index is 13.7. The van der Waals surface area contributed by atoms with Gasteiger partial charge in [0.05, 0.1) is 5.69 Å². The van der Waals surface area contributed by atoms with E-state index >= 15 is 0 Å². The van der Waals surface area contributed by atoms with Gasteiger partial charge in [-0.25, -0.2) is 13.2 Å². The van der Waals surface area contributed by atoms with Gasteiger partial charge in [0.2, 0.25) is 5.91 Å². The van der Waals surface area contributed by atoms with Gasteiger partial charge >= 0.3 is 0 Å². The van der Waals surface area contributed by atoms with Crippen LogP contribution in [0.25, 0.3) is 0 Å². The van der Waals surface area contributed by atoms with Crippen LogP contribution in [0.4, 0.5) is 18.9 Å². The number of hydrogen-bond donors (Lipinski definition) is 1. The van der Waals surface area contributed by atoms with Crippen LogP contribution in [0.15, 0.2) is 36.4 Å². The quantitative estimate of drug-likeness (QED) is 0.791. The number of hydrogen-bond acceptors (Lipinski definition) is 2. The molecule has 1 N–H and O–H groups in total. The molecule has 2 aromatic carbocycles. The highest BCUT2D eigenvalue weighted by Gasteiger charge is 2.21. The topological polar surface area (TPSA) is 49.4 Å². The van der Waals surface area contributed by atoms with E-state index in [-0.39, 0.29) is 12.5 Å². The number of benzene rings is 2. The molecule has 2 aromatic rings. The molecule has 0 radical (unpaired) electrons. The van der Waals surface area contributed by atoms with Gasteiger partial charge in [-0.3, -0.25) is 9.59 Å². The van der Waals surface area contributed by atoms with Gasteiger partial charge in [-0.15, -0.1) is 0 Å². The molecular formula is C19H19F3N2O2. The molecular weight excluding hydrogens is 345 g/mol. The summed E-state index contributed by atoms with van der Waals surface area (Å²) in [5.74, 6) is -5.52. The number of aryl methyl sites for hydroxylation is 1. The number of nitrogens with zero attached hydrogens (tertiary/aromatic N) is 1. The van der Waals surface area contributed by atoms with E-state index in [1.807, 2.05) is 6.92 Å². The Hall–Kier alpha value is -2.83. The zero-order valence-electron chi connectivity index (χ0n) is 14.5. The number of amides is 2. The second-order valence-corrected chi connectivity index (χ2v) is 5.81. The van der Waals surface area contributed by atoms with Gasteiger partial charge in [-0.2, -0.15) is 0 Å². The summed E-state index contributed by atoms with van der Waals surface area (Å²) in [6.45, 7) is 3.62. The second-order valence-electron chi connectivity index (χ2n) is 5.81. The molecule has 2 amide bonds. The molecule has 7 heteroatoms. The first-order chi connectivity index (χ1) is 12.3. The zero-order chi connectivity index (χ0) is 19.3. The normalized spacial score (nSPS) is 10.5. The van der Waals surface area contributed by atoms with Crippen molar-refractivity contribution in [1.82, 2.24) is 4.90 Å². The summed E-state index contributed by atoms with van der Waals surface area (Å²) in [5, 5.41) is 2.17. The molecule has 0 bridgehead atoms. The fourth-order valence-corrected chi connectivity index (χ4v) is 2.49. The van der Waals surface area contributed by atoms with Crippen LogP contribution in [0.5, 0.6) is 0 Å². The fraction of sp³-hybridized carbons (Fsp3) is 0.263. The molecule has 0 aromatic heterocycles. The van der Waals surface area contributed by atoms with Crippen molar-refractivity contribution in [3.05, 3.63) is 65.0 Å². The summed E-state index contributed by atoms with van der Waals surface area (Å²) in [7, 11) is 0. The number of nitrogens with one attached hydrogen (secondary N) is 1. The third kappa shape index (κ3) is 4.41. The second kappa shape index (κ2) is 8.51. The lowest BCUT2D eigenvalue weighted by Crippen LogP contribution is -2.39. The van der Waals surface area contributed by atoms with E-state index in [0.717, 1.165) is 17.7 Å². The highest BCUT2D eigenvalue weighted by molar-refractivity contribution is 6.00. The molecule has 0 atom stereocenters. The Morgan fingerprint density at radius 1 is 1.04 bits per heavy atom. The van der Waals surface area contributed by atoms with Crippen LogP contribution in [-0.2, 0) is 4.79 Å². The summed E-state index contributed by atoms with van der Waals surface area (Å²) >= 11 is 0. The maximum Gasteiger partial charge on any atom is 0.254 e. The molecule has 0 spiro atoms. The smallest absolute Gasteiger partial charge is 0.254 e. The molecule has 138 valence electrons. The summed E-state index contributed by atoms with van der Waals surface area (Å²) in [6, 6.07) is 8.62. The van der Waals surface area contributed by atoms with Crippen LogP contribution in [0.3, 0.4) is 0 Å². The Bertz CT molecular complexity index is 824. The minimum atomic E-state index is -1.66. The monoisotopic (exact) mass is 364 g/mol. The molecule has 0 saturated heterocycles. The van der Waals surface area contributed by atoms with Crippen LogP contribution in [0, 0.1) is 24.4 Å². The van der Waals surface area contributed by atoms with Gasteiger partial charge in [0.15, 0.2) is 17.5 Å². The summed E-state index contributed by atoms with van der Waals surface area (Å²) in [5.41, 5.74) is 0.757. The van der Waals surface area contributed by atoms with Crippen LogP contribution in [-0.4, -0.2) is 29.8 Å². The number of halogens is 3.